The third kappa shape index (κ3) is 3.34. The number of benzene rings is 1. The molecule has 2 atom stereocenters. The van der Waals surface area contributed by atoms with E-state index in [1.165, 1.54) is 0 Å². The molecule has 0 saturated carbocycles. The van der Waals surface area contributed by atoms with Crippen molar-refractivity contribution in [3.05, 3.63) is 52.3 Å². The van der Waals surface area contributed by atoms with Crippen molar-refractivity contribution in [3.8, 4) is 0 Å². The van der Waals surface area contributed by atoms with E-state index in [2.05, 4.69) is 15.5 Å². The summed E-state index contributed by atoms with van der Waals surface area (Å²) in [5.74, 6) is 0.0238. The maximum atomic E-state index is 13.3. The van der Waals surface area contributed by atoms with Crippen molar-refractivity contribution in [1.29, 1.82) is 0 Å². The van der Waals surface area contributed by atoms with E-state index in [9.17, 15) is 9.18 Å². The summed E-state index contributed by atoms with van der Waals surface area (Å²) >= 11 is 0. The van der Waals surface area contributed by atoms with Crippen molar-refractivity contribution in [1.82, 2.24) is 15.5 Å². The van der Waals surface area contributed by atoms with E-state index in [1.54, 1.807) is 0 Å². The predicted molar refractivity (Wildman–Crippen MR) is 87.6 cm³/mol. The molecule has 1 aliphatic rings. The maximum absolute atomic E-state index is 13.3. The fourth-order valence-corrected chi connectivity index (χ4v) is 2.94. The maximum Gasteiger partial charge on any atom is 0.187 e. The molecule has 0 aliphatic carbocycles. The van der Waals surface area contributed by atoms with Gasteiger partial charge in [0.2, 0.25) is 0 Å². The number of halogens is 1. The minimum atomic E-state index is -0.744. The van der Waals surface area contributed by atoms with E-state index >= 15 is 0 Å². The van der Waals surface area contributed by atoms with E-state index in [1.807, 2.05) is 38.1 Å². The largest absolute Gasteiger partial charge is 0.308 e. The van der Waals surface area contributed by atoms with Gasteiger partial charge in [-0.15, -0.1) is 0 Å². The molecule has 122 valence electrons. The first-order chi connectivity index (χ1) is 11.1. The fourth-order valence-electron chi connectivity index (χ4n) is 2.94. The van der Waals surface area contributed by atoms with Crippen LogP contribution in [0.25, 0.3) is 0 Å². The zero-order valence-electron chi connectivity index (χ0n) is 13.5. The van der Waals surface area contributed by atoms with Gasteiger partial charge in [0.1, 0.15) is 11.9 Å². The Hall–Kier alpha value is -2.01. The van der Waals surface area contributed by atoms with Gasteiger partial charge in [-0.05, 0) is 30.9 Å². The molecule has 0 amide bonds. The molecule has 1 saturated heterocycles. The summed E-state index contributed by atoms with van der Waals surface area (Å²) in [6.45, 7) is 4.42. The Morgan fingerprint density at radius 2 is 2.00 bits per heavy atom. The normalized spacial score (nSPS) is 20.3. The van der Waals surface area contributed by atoms with Crippen LogP contribution in [0.1, 0.15) is 39.8 Å². The minimum Gasteiger partial charge on any atom is -0.308 e. The number of hydrogen-bond acceptors (Lipinski definition) is 3. The Balaban J connectivity index is 1.63. The third-order valence-electron chi connectivity index (χ3n) is 4.58. The van der Waals surface area contributed by atoms with Crippen LogP contribution in [0.2, 0.25) is 0 Å². The first-order valence-corrected chi connectivity index (χ1v) is 8.10. The number of aryl methyl sites for hydroxylation is 1. The number of rotatable bonds is 6. The first kappa shape index (κ1) is 15.9. The Bertz CT molecular complexity index is 693. The van der Waals surface area contributed by atoms with Gasteiger partial charge in [-0.2, -0.15) is 5.10 Å². The number of alkyl halides is 1. The summed E-state index contributed by atoms with van der Waals surface area (Å²) in [7, 11) is 0. The molecule has 0 bridgehead atoms. The molecule has 23 heavy (non-hydrogen) atoms. The second kappa shape index (κ2) is 6.62. The van der Waals surface area contributed by atoms with Gasteiger partial charge in [-0.3, -0.25) is 9.89 Å². The summed E-state index contributed by atoms with van der Waals surface area (Å²) in [6.07, 6.45) is 1.12. The van der Waals surface area contributed by atoms with Crippen molar-refractivity contribution in [2.24, 2.45) is 0 Å². The SMILES string of the molecule is CCc1[nH]nc(C(=O)Cc2ccc(C[C@@H]3NC[C@@H]3F)cc2)c1C. The van der Waals surface area contributed by atoms with Crippen LogP contribution in [-0.4, -0.2) is 34.7 Å². The molecule has 2 N–H and O–H groups in total. The van der Waals surface area contributed by atoms with Crippen molar-refractivity contribution in [2.75, 3.05) is 6.54 Å². The summed E-state index contributed by atoms with van der Waals surface area (Å²) in [5.41, 5.74) is 4.53. The topological polar surface area (TPSA) is 57.8 Å². The predicted octanol–water partition coefficient (Wildman–Crippen LogP) is 2.56. The zero-order chi connectivity index (χ0) is 16.4. The number of nitrogens with one attached hydrogen (secondary N) is 2. The summed E-state index contributed by atoms with van der Waals surface area (Å²) in [5, 5.41) is 10.2. The van der Waals surface area contributed by atoms with Crippen molar-refractivity contribution >= 4 is 5.78 Å². The van der Waals surface area contributed by atoms with Gasteiger partial charge in [0.05, 0.1) is 0 Å². The molecular weight excluding hydrogens is 293 g/mol. The van der Waals surface area contributed by atoms with Crippen LogP contribution in [0.15, 0.2) is 24.3 Å². The molecule has 1 aliphatic heterocycles. The van der Waals surface area contributed by atoms with Crippen LogP contribution in [0.3, 0.4) is 0 Å². The molecule has 4 nitrogen and oxygen atoms in total. The van der Waals surface area contributed by atoms with E-state index < -0.39 is 6.17 Å². The number of aromatic nitrogens is 2. The highest BCUT2D eigenvalue weighted by molar-refractivity contribution is 5.97. The second-order valence-electron chi connectivity index (χ2n) is 6.18. The molecule has 0 radical (unpaired) electrons. The lowest BCUT2D eigenvalue weighted by Gasteiger charge is -2.32. The second-order valence-corrected chi connectivity index (χ2v) is 6.18. The first-order valence-electron chi connectivity index (χ1n) is 8.10. The van der Waals surface area contributed by atoms with Crippen molar-refractivity contribution in [3.63, 3.8) is 0 Å². The average Bonchev–Trinajstić information content (AvgIpc) is 2.93. The third-order valence-corrected chi connectivity index (χ3v) is 4.58. The van der Waals surface area contributed by atoms with Crippen molar-refractivity contribution < 1.29 is 9.18 Å². The number of Topliss-reactive ketones (excluding diaryl/α,β-unsaturated/α-hetero) is 1. The molecule has 1 aromatic carbocycles. The lowest BCUT2D eigenvalue weighted by atomic mass is 9.95. The highest BCUT2D eigenvalue weighted by Gasteiger charge is 2.29. The molecule has 3 rings (SSSR count). The van der Waals surface area contributed by atoms with E-state index in [0.29, 0.717) is 25.1 Å². The lowest BCUT2D eigenvalue weighted by Crippen LogP contribution is -2.55. The van der Waals surface area contributed by atoms with Crippen LogP contribution >= 0.6 is 0 Å². The van der Waals surface area contributed by atoms with Gasteiger partial charge in [0, 0.05) is 30.3 Å². The van der Waals surface area contributed by atoms with Crippen molar-refractivity contribution in [2.45, 2.75) is 45.3 Å². The van der Waals surface area contributed by atoms with Gasteiger partial charge in [0.15, 0.2) is 5.78 Å². The summed E-state index contributed by atoms with van der Waals surface area (Å²) in [4.78, 5) is 12.4. The van der Waals surface area contributed by atoms with Gasteiger partial charge < -0.3 is 5.32 Å². The smallest absolute Gasteiger partial charge is 0.187 e. The van der Waals surface area contributed by atoms with E-state index in [4.69, 9.17) is 0 Å². The molecule has 1 aromatic heterocycles. The Morgan fingerprint density at radius 3 is 2.52 bits per heavy atom. The van der Waals surface area contributed by atoms with Crippen LogP contribution in [-0.2, 0) is 19.3 Å². The monoisotopic (exact) mass is 315 g/mol. The number of H-pyrrole nitrogens is 1. The van der Waals surface area contributed by atoms with Crippen LogP contribution in [0, 0.1) is 6.92 Å². The molecule has 0 unspecified atom stereocenters. The van der Waals surface area contributed by atoms with Crippen LogP contribution in [0.5, 0.6) is 0 Å². The van der Waals surface area contributed by atoms with Gasteiger partial charge in [-0.1, -0.05) is 31.2 Å². The number of carbonyl (C=O) groups is 1. The summed E-state index contributed by atoms with van der Waals surface area (Å²) < 4.78 is 13.3. The number of carbonyl (C=O) groups excluding carboxylic acids is 1. The fraction of sp³-hybridized carbons (Fsp3) is 0.444. The molecular formula is C18H22FN3O. The van der Waals surface area contributed by atoms with Gasteiger partial charge in [0.25, 0.3) is 0 Å². The lowest BCUT2D eigenvalue weighted by molar-refractivity contribution is 0.0987. The number of hydrogen-bond donors (Lipinski definition) is 2. The molecule has 2 heterocycles. The van der Waals surface area contributed by atoms with E-state index in [-0.39, 0.29) is 11.8 Å². The standard InChI is InChI=1S/C18H22FN3O/c1-3-15-11(2)18(22-21-15)17(23)9-13-6-4-12(5-7-13)8-16-14(19)10-20-16/h4-7,14,16,20H,3,8-10H2,1-2H3,(H,21,22)/t14-,16-/m0/s1. The highest BCUT2D eigenvalue weighted by atomic mass is 19.1. The zero-order valence-corrected chi connectivity index (χ0v) is 13.5. The highest BCUT2D eigenvalue weighted by Crippen LogP contribution is 2.17. The molecule has 0 spiro atoms. The van der Waals surface area contributed by atoms with Gasteiger partial charge >= 0.3 is 0 Å². The molecule has 2 aromatic rings. The number of ketones is 1. The summed E-state index contributed by atoms with van der Waals surface area (Å²) in [6, 6.07) is 7.78. The Labute approximate surface area is 135 Å². The molecule has 1 fully saturated rings. The van der Waals surface area contributed by atoms with Gasteiger partial charge in [-0.25, -0.2) is 4.39 Å². The van der Waals surface area contributed by atoms with Crippen LogP contribution in [0.4, 0.5) is 4.39 Å². The van der Waals surface area contributed by atoms with E-state index in [0.717, 1.165) is 28.8 Å². The minimum absolute atomic E-state index is 0.0238. The number of aromatic amines is 1. The molecule has 5 heteroatoms. The quantitative estimate of drug-likeness (QED) is 0.806. The number of nitrogens with zero attached hydrogens (tertiary/aromatic N) is 1. The average molecular weight is 315 g/mol. The van der Waals surface area contributed by atoms with Crippen LogP contribution < -0.4 is 5.32 Å². The Morgan fingerprint density at radius 1 is 1.30 bits per heavy atom. The Kier molecular flexibility index (Phi) is 4.57.